The van der Waals surface area contributed by atoms with Gasteiger partial charge in [0.1, 0.15) is 5.76 Å². The zero-order valence-electron chi connectivity index (χ0n) is 14.2. The van der Waals surface area contributed by atoms with Crippen molar-refractivity contribution in [2.24, 2.45) is 0 Å². The number of carbonyl (C=O) groups excluding carboxylic acids is 1. The fourth-order valence-electron chi connectivity index (χ4n) is 2.46. The Balaban J connectivity index is 1.60. The lowest BCUT2D eigenvalue weighted by molar-refractivity contribution is 0.0921. The van der Waals surface area contributed by atoms with Crippen LogP contribution in [0.5, 0.6) is 0 Å². The van der Waals surface area contributed by atoms with Crippen molar-refractivity contribution in [3.63, 3.8) is 0 Å². The Hall–Kier alpha value is -2.18. The summed E-state index contributed by atoms with van der Waals surface area (Å²) in [5.41, 5.74) is 2.04. The maximum atomic E-state index is 12.4. The van der Waals surface area contributed by atoms with Gasteiger partial charge in [0.05, 0.1) is 16.6 Å². The summed E-state index contributed by atoms with van der Waals surface area (Å²) in [5.74, 6) is 0.689. The third kappa shape index (κ3) is 4.93. The summed E-state index contributed by atoms with van der Waals surface area (Å²) in [4.78, 5) is 13.0. The second-order valence-electron chi connectivity index (χ2n) is 5.88. The molecular weight excluding hydrogens is 414 g/mol. The van der Waals surface area contributed by atoms with Crippen LogP contribution < -0.4 is 5.32 Å². The fourth-order valence-corrected chi connectivity index (χ4v) is 4.04. The Bertz CT molecular complexity index is 951. The molecule has 3 rings (SSSR count). The molecule has 3 aromatic rings. The van der Waals surface area contributed by atoms with E-state index in [0.717, 1.165) is 20.5 Å². The average molecular weight is 432 g/mol. The molecule has 2 aromatic carbocycles. The molecule has 0 aliphatic heterocycles. The van der Waals surface area contributed by atoms with Crippen molar-refractivity contribution in [2.75, 3.05) is 0 Å². The van der Waals surface area contributed by atoms with Crippen LogP contribution in [0.4, 0.5) is 0 Å². The minimum absolute atomic E-state index is 0.219. The normalized spacial score (nSPS) is 11.9. The van der Waals surface area contributed by atoms with Crippen molar-refractivity contribution < 1.29 is 13.4 Å². The van der Waals surface area contributed by atoms with Gasteiger partial charge in [0.15, 0.2) is 5.76 Å². The molecule has 4 nitrogen and oxygen atoms in total. The molecule has 1 aromatic heterocycles. The van der Waals surface area contributed by atoms with E-state index in [0.29, 0.717) is 12.3 Å². The van der Waals surface area contributed by atoms with Gasteiger partial charge in [-0.1, -0.05) is 40.2 Å². The molecule has 0 saturated carbocycles. The molecule has 0 radical (unpaired) electrons. The molecular formula is C20H18BrNO3S. The van der Waals surface area contributed by atoms with Gasteiger partial charge >= 0.3 is 0 Å². The Morgan fingerprint density at radius 1 is 1.12 bits per heavy atom. The minimum Gasteiger partial charge on any atom is -0.455 e. The van der Waals surface area contributed by atoms with Gasteiger partial charge in [-0.2, -0.15) is 0 Å². The number of hydrogen-bond donors (Lipinski definition) is 1. The first-order valence-electron chi connectivity index (χ1n) is 8.07. The number of rotatable bonds is 6. The number of halogens is 1. The molecule has 1 N–H and O–H groups in total. The first kappa shape index (κ1) is 18.6. The topological polar surface area (TPSA) is 59.3 Å². The van der Waals surface area contributed by atoms with Gasteiger partial charge in [-0.15, -0.1) is 0 Å². The largest absolute Gasteiger partial charge is 0.455 e. The number of carbonyl (C=O) groups is 1. The third-order valence-corrected chi connectivity index (χ3v) is 5.57. The van der Waals surface area contributed by atoms with Gasteiger partial charge in [0.25, 0.3) is 5.91 Å². The highest BCUT2D eigenvalue weighted by Gasteiger charge is 2.13. The minimum atomic E-state index is -1.21. The van der Waals surface area contributed by atoms with Crippen LogP contribution in [-0.2, 0) is 23.1 Å². The smallest absolute Gasteiger partial charge is 0.287 e. The summed E-state index contributed by atoms with van der Waals surface area (Å²) in [5, 5.41) is 2.82. The number of amides is 1. The molecule has 0 bridgehead atoms. The van der Waals surface area contributed by atoms with Crippen LogP contribution >= 0.6 is 15.9 Å². The molecule has 0 aliphatic carbocycles. The van der Waals surface area contributed by atoms with E-state index < -0.39 is 10.8 Å². The molecule has 1 amide bonds. The zero-order chi connectivity index (χ0) is 18.5. The maximum Gasteiger partial charge on any atom is 0.287 e. The van der Waals surface area contributed by atoms with Gasteiger partial charge in [-0.25, -0.2) is 0 Å². The molecule has 0 aliphatic rings. The van der Waals surface area contributed by atoms with Crippen molar-refractivity contribution in [1.29, 1.82) is 0 Å². The lowest BCUT2D eigenvalue weighted by Gasteiger charge is -2.04. The predicted octanol–water partition coefficient (Wildman–Crippen LogP) is 4.59. The second-order valence-corrected chi connectivity index (χ2v) is 8.25. The van der Waals surface area contributed by atoms with Gasteiger partial charge in [-0.05, 0) is 54.4 Å². The first-order valence-corrected chi connectivity index (χ1v) is 10.2. The third-order valence-electron chi connectivity index (χ3n) is 3.75. The lowest BCUT2D eigenvalue weighted by Crippen LogP contribution is -2.22. The highest BCUT2D eigenvalue weighted by atomic mass is 79.9. The fraction of sp³-hybridized carbons (Fsp3) is 0.150. The summed E-state index contributed by atoms with van der Waals surface area (Å²) in [6.45, 7) is 2.37. The average Bonchev–Trinajstić information content (AvgIpc) is 3.08. The van der Waals surface area contributed by atoms with E-state index in [1.807, 2.05) is 55.5 Å². The van der Waals surface area contributed by atoms with Crippen LogP contribution in [0.15, 0.2) is 74.4 Å². The highest BCUT2D eigenvalue weighted by molar-refractivity contribution is 9.10. The van der Waals surface area contributed by atoms with Crippen molar-refractivity contribution >= 4 is 32.6 Å². The molecule has 1 heterocycles. The zero-order valence-corrected chi connectivity index (χ0v) is 16.6. The summed E-state index contributed by atoms with van der Waals surface area (Å²) in [6, 6.07) is 18.6. The standard InChI is InChI=1S/C20H18BrNO3S/c1-14-4-2-7-18(10-14)26(24)13-17-8-9-19(25-17)20(23)22-12-15-5-3-6-16(21)11-15/h2-11H,12-13H2,1H3,(H,22,23)/t26-/m1/s1. The van der Waals surface area contributed by atoms with Crippen LogP contribution in [0.25, 0.3) is 0 Å². The molecule has 0 saturated heterocycles. The van der Waals surface area contributed by atoms with Crippen molar-refractivity contribution in [3.8, 4) is 0 Å². The Labute approximate surface area is 163 Å². The maximum absolute atomic E-state index is 12.4. The van der Waals surface area contributed by atoms with Crippen LogP contribution in [0.2, 0.25) is 0 Å². The summed E-state index contributed by atoms with van der Waals surface area (Å²) < 4.78 is 19.0. The van der Waals surface area contributed by atoms with E-state index in [4.69, 9.17) is 4.42 Å². The molecule has 0 fully saturated rings. The van der Waals surface area contributed by atoms with Crippen molar-refractivity contribution in [1.82, 2.24) is 5.32 Å². The van der Waals surface area contributed by atoms with E-state index in [9.17, 15) is 9.00 Å². The van der Waals surface area contributed by atoms with Crippen LogP contribution in [0, 0.1) is 6.92 Å². The molecule has 26 heavy (non-hydrogen) atoms. The number of benzene rings is 2. The molecule has 6 heteroatoms. The highest BCUT2D eigenvalue weighted by Crippen LogP contribution is 2.16. The molecule has 0 spiro atoms. The number of hydrogen-bond acceptors (Lipinski definition) is 3. The van der Waals surface area contributed by atoms with Crippen LogP contribution in [0.3, 0.4) is 0 Å². The number of nitrogens with one attached hydrogen (secondary N) is 1. The van der Waals surface area contributed by atoms with E-state index in [2.05, 4.69) is 21.2 Å². The SMILES string of the molecule is Cc1cccc([S@](=O)Cc2ccc(C(=O)NCc3cccc(Br)c3)o2)c1. The molecule has 1 atom stereocenters. The summed E-state index contributed by atoms with van der Waals surface area (Å²) in [7, 11) is -1.21. The number of aryl methyl sites for hydroxylation is 1. The van der Waals surface area contributed by atoms with E-state index in [1.165, 1.54) is 0 Å². The van der Waals surface area contributed by atoms with E-state index in [-0.39, 0.29) is 17.4 Å². The summed E-state index contributed by atoms with van der Waals surface area (Å²) >= 11 is 3.40. The first-order chi connectivity index (χ1) is 12.5. The van der Waals surface area contributed by atoms with Gasteiger partial charge in [0, 0.05) is 15.9 Å². The van der Waals surface area contributed by atoms with Gasteiger partial charge in [-0.3, -0.25) is 9.00 Å². The Morgan fingerprint density at radius 3 is 2.69 bits per heavy atom. The quantitative estimate of drug-likeness (QED) is 0.620. The monoisotopic (exact) mass is 431 g/mol. The lowest BCUT2D eigenvalue weighted by atomic mass is 10.2. The predicted molar refractivity (Wildman–Crippen MR) is 105 cm³/mol. The van der Waals surface area contributed by atoms with Crippen LogP contribution in [-0.4, -0.2) is 10.1 Å². The van der Waals surface area contributed by atoms with Crippen molar-refractivity contribution in [2.45, 2.75) is 24.1 Å². The molecule has 0 unspecified atom stereocenters. The van der Waals surface area contributed by atoms with Gasteiger partial charge in [0.2, 0.25) is 0 Å². The Kier molecular flexibility index (Phi) is 6.06. The van der Waals surface area contributed by atoms with E-state index in [1.54, 1.807) is 12.1 Å². The van der Waals surface area contributed by atoms with Crippen molar-refractivity contribution in [3.05, 3.63) is 87.8 Å². The molecule has 134 valence electrons. The summed E-state index contributed by atoms with van der Waals surface area (Å²) in [6.07, 6.45) is 0. The van der Waals surface area contributed by atoms with E-state index >= 15 is 0 Å². The number of furan rings is 1. The van der Waals surface area contributed by atoms with Gasteiger partial charge < -0.3 is 9.73 Å². The second kappa shape index (κ2) is 8.47. The Morgan fingerprint density at radius 2 is 1.92 bits per heavy atom. The van der Waals surface area contributed by atoms with Crippen LogP contribution in [0.1, 0.15) is 27.4 Å².